The largest absolute Gasteiger partial charge is 0.311 e. The maximum Gasteiger partial charge on any atom is 0.311 e. The van der Waals surface area contributed by atoms with E-state index in [1.807, 2.05) is 0 Å². The van der Waals surface area contributed by atoms with Gasteiger partial charge in [-0.15, -0.1) is 0 Å². The fourth-order valence-corrected chi connectivity index (χ4v) is 8.76. The summed E-state index contributed by atoms with van der Waals surface area (Å²) in [6.45, 7) is 4.28. The molecule has 0 atom stereocenters. The van der Waals surface area contributed by atoms with Gasteiger partial charge in [0.1, 0.15) is 0 Å². The third kappa shape index (κ3) is 16.2. The van der Waals surface area contributed by atoms with Crippen LogP contribution in [0, 0.1) is 0 Å². The second-order valence-corrected chi connectivity index (χ2v) is 15.7. The number of hydrogen-bond acceptors (Lipinski definition) is 6. The lowest BCUT2D eigenvalue weighted by Crippen LogP contribution is -2.22. The van der Waals surface area contributed by atoms with Gasteiger partial charge in [-0.25, -0.2) is 0 Å². The highest BCUT2D eigenvalue weighted by Gasteiger charge is 2.37. The van der Waals surface area contributed by atoms with Crippen molar-refractivity contribution in [1.82, 2.24) is 0 Å². The van der Waals surface area contributed by atoms with Gasteiger partial charge in [0.25, 0.3) is 0 Å². The van der Waals surface area contributed by atoms with Gasteiger partial charge in [-0.1, -0.05) is 190 Å². The average molecular weight is 677 g/mol. The van der Waals surface area contributed by atoms with Crippen LogP contribution in [0.5, 0.6) is 0 Å². The molecular formula is C38H60O6S2. The molecule has 260 valence electrons. The summed E-state index contributed by atoms with van der Waals surface area (Å²) >= 11 is 0. The van der Waals surface area contributed by atoms with Gasteiger partial charge >= 0.3 is 20.2 Å². The smallest absolute Gasteiger partial charge is 0.266 e. The van der Waals surface area contributed by atoms with E-state index < -0.39 is 24.5 Å². The molecule has 2 aromatic rings. The molecule has 0 aromatic heterocycles. The Hall–Kier alpha value is -2.00. The Labute approximate surface area is 281 Å². The Bertz CT molecular complexity index is 1190. The van der Waals surface area contributed by atoms with Crippen molar-refractivity contribution in [2.75, 3.05) is 13.2 Å². The van der Waals surface area contributed by atoms with Crippen molar-refractivity contribution in [1.29, 1.82) is 0 Å². The molecule has 0 bridgehead atoms. The van der Waals surface area contributed by atoms with Gasteiger partial charge in [-0.05, 0) is 24.0 Å². The summed E-state index contributed by atoms with van der Waals surface area (Å²) in [4.78, 5) is 0. The number of benzene rings is 2. The van der Waals surface area contributed by atoms with Gasteiger partial charge in [0, 0.05) is 5.57 Å². The van der Waals surface area contributed by atoms with Gasteiger partial charge in [-0.3, -0.25) is 8.37 Å². The zero-order valence-electron chi connectivity index (χ0n) is 28.6. The summed E-state index contributed by atoms with van der Waals surface area (Å²) in [6.07, 6.45) is 22.0. The van der Waals surface area contributed by atoms with Crippen molar-refractivity contribution in [3.8, 4) is 0 Å². The molecule has 0 amide bonds. The first-order valence-corrected chi connectivity index (χ1v) is 20.8. The summed E-state index contributed by atoms with van der Waals surface area (Å²) in [5.41, 5.74) is 0.981. The third-order valence-electron chi connectivity index (χ3n) is 8.26. The molecule has 6 nitrogen and oxygen atoms in total. The minimum Gasteiger partial charge on any atom is -0.266 e. The summed E-state index contributed by atoms with van der Waals surface area (Å²) < 4.78 is 65.2. The van der Waals surface area contributed by atoms with E-state index in [4.69, 9.17) is 8.37 Å². The predicted molar refractivity (Wildman–Crippen MR) is 192 cm³/mol. The third-order valence-corrected chi connectivity index (χ3v) is 11.8. The van der Waals surface area contributed by atoms with Crippen LogP contribution in [0.15, 0.2) is 64.9 Å². The molecule has 0 fully saturated rings. The highest BCUT2D eigenvalue weighted by Crippen LogP contribution is 2.34. The van der Waals surface area contributed by atoms with Crippen molar-refractivity contribution >= 4 is 25.8 Å². The van der Waals surface area contributed by atoms with E-state index in [9.17, 15) is 16.8 Å². The lowest BCUT2D eigenvalue weighted by Gasteiger charge is -2.17. The van der Waals surface area contributed by atoms with E-state index in [-0.39, 0.29) is 18.8 Å². The normalized spacial score (nSPS) is 12.0. The highest BCUT2D eigenvalue weighted by atomic mass is 32.3. The van der Waals surface area contributed by atoms with Crippen molar-refractivity contribution in [3.63, 3.8) is 0 Å². The quantitative estimate of drug-likeness (QED) is 0.0658. The molecule has 0 heterocycles. The zero-order valence-corrected chi connectivity index (χ0v) is 30.2. The van der Waals surface area contributed by atoms with Crippen LogP contribution in [-0.2, 0) is 28.6 Å². The lowest BCUT2D eigenvalue weighted by atomic mass is 10.00. The van der Waals surface area contributed by atoms with E-state index in [0.29, 0.717) is 24.0 Å². The molecule has 0 unspecified atom stereocenters. The molecule has 2 rings (SSSR count). The standard InChI is InChI=1S/C38H60O6S2/c1-3-5-7-9-11-13-15-17-19-27-33-43-45(39,40)38(37(35-29-23-21-24-30-35)36-31-25-22-26-32-36)46(41,42)44-34-28-20-18-16-14-12-10-8-6-4-2/h21-26,29-32H,3-20,27-28,33-34H2,1-2H3. The van der Waals surface area contributed by atoms with Gasteiger partial charge in [-0.2, -0.15) is 16.8 Å². The summed E-state index contributed by atoms with van der Waals surface area (Å²) in [6, 6.07) is 17.5. The first-order chi connectivity index (χ1) is 22.3. The van der Waals surface area contributed by atoms with Gasteiger partial charge < -0.3 is 0 Å². The topological polar surface area (TPSA) is 86.7 Å². The first kappa shape index (κ1) is 40.2. The van der Waals surface area contributed by atoms with Crippen molar-refractivity contribution in [3.05, 3.63) is 76.0 Å². The summed E-state index contributed by atoms with van der Waals surface area (Å²) in [5, 5.41) is 0. The van der Waals surface area contributed by atoms with E-state index >= 15 is 0 Å². The molecule has 0 N–H and O–H groups in total. The van der Waals surface area contributed by atoms with E-state index in [1.54, 1.807) is 60.7 Å². The predicted octanol–water partition coefficient (Wildman–Crippen LogP) is 10.9. The van der Waals surface area contributed by atoms with Crippen LogP contribution in [0.1, 0.15) is 153 Å². The number of hydrogen-bond donors (Lipinski definition) is 0. The second-order valence-electron chi connectivity index (χ2n) is 12.3. The summed E-state index contributed by atoms with van der Waals surface area (Å²) in [5.74, 6) is 0. The summed E-state index contributed by atoms with van der Waals surface area (Å²) in [7, 11) is -9.37. The average Bonchev–Trinajstić information content (AvgIpc) is 3.05. The van der Waals surface area contributed by atoms with E-state index in [2.05, 4.69) is 13.8 Å². The van der Waals surface area contributed by atoms with Crippen LogP contribution in [-0.4, -0.2) is 30.0 Å². The Balaban J connectivity index is 2.10. The van der Waals surface area contributed by atoms with Gasteiger partial charge in [0.2, 0.25) is 4.24 Å². The molecule has 0 radical (unpaired) electrons. The molecular weight excluding hydrogens is 617 g/mol. The van der Waals surface area contributed by atoms with Crippen LogP contribution < -0.4 is 0 Å². The molecule has 8 heteroatoms. The fraction of sp³-hybridized carbons (Fsp3) is 0.632. The minimum absolute atomic E-state index is 0.0624. The number of rotatable bonds is 28. The van der Waals surface area contributed by atoms with E-state index in [0.717, 1.165) is 38.5 Å². The van der Waals surface area contributed by atoms with Crippen LogP contribution in [0.25, 0.3) is 5.57 Å². The molecule has 0 saturated heterocycles. The molecule has 2 aromatic carbocycles. The molecule has 0 saturated carbocycles. The Morgan fingerprint density at radius 2 is 0.717 bits per heavy atom. The van der Waals surface area contributed by atoms with Crippen LogP contribution in [0.2, 0.25) is 0 Å². The lowest BCUT2D eigenvalue weighted by molar-refractivity contribution is 0.303. The Kier molecular flexibility index (Phi) is 21.1. The Morgan fingerprint density at radius 1 is 0.435 bits per heavy atom. The van der Waals surface area contributed by atoms with Crippen molar-refractivity contribution in [2.45, 2.75) is 142 Å². The molecule has 0 aliphatic heterocycles. The van der Waals surface area contributed by atoms with Crippen LogP contribution >= 0.6 is 0 Å². The van der Waals surface area contributed by atoms with E-state index in [1.165, 1.54) is 77.0 Å². The molecule has 0 spiro atoms. The molecule has 0 aliphatic carbocycles. The Morgan fingerprint density at radius 3 is 1.02 bits per heavy atom. The zero-order chi connectivity index (χ0) is 33.4. The van der Waals surface area contributed by atoms with Crippen molar-refractivity contribution < 1.29 is 25.2 Å². The van der Waals surface area contributed by atoms with Crippen LogP contribution in [0.4, 0.5) is 0 Å². The highest BCUT2D eigenvalue weighted by molar-refractivity contribution is 8.10. The number of unbranched alkanes of at least 4 members (excludes halogenated alkanes) is 18. The second kappa shape index (κ2) is 24.2. The molecule has 46 heavy (non-hydrogen) atoms. The van der Waals surface area contributed by atoms with Gasteiger partial charge in [0.15, 0.2) is 0 Å². The SMILES string of the molecule is CCCCCCCCCCCCOS(=O)(=O)C(=C(c1ccccc1)c1ccccc1)S(=O)(=O)OCCCCCCCCCCCC. The van der Waals surface area contributed by atoms with Gasteiger partial charge in [0.05, 0.1) is 13.2 Å². The maximum absolute atomic E-state index is 13.8. The van der Waals surface area contributed by atoms with Crippen molar-refractivity contribution in [2.24, 2.45) is 0 Å². The monoisotopic (exact) mass is 676 g/mol. The first-order valence-electron chi connectivity index (χ1n) is 18.0. The fourth-order valence-electron chi connectivity index (χ4n) is 5.61. The maximum atomic E-state index is 13.8. The molecule has 0 aliphatic rings. The van der Waals surface area contributed by atoms with Crippen LogP contribution in [0.3, 0.4) is 0 Å². The minimum atomic E-state index is -4.68.